The van der Waals surface area contributed by atoms with Crippen molar-refractivity contribution in [1.29, 1.82) is 0 Å². The molecule has 2 amide bonds. The number of hydroxylamine groups is 3. The van der Waals surface area contributed by atoms with Gasteiger partial charge in [0.05, 0.1) is 0 Å². The van der Waals surface area contributed by atoms with Crippen LogP contribution in [0.1, 0.15) is 19.8 Å². The number of carbonyl (C=O) groups is 3. The molecule has 1 saturated heterocycles. The van der Waals surface area contributed by atoms with Crippen LogP contribution < -0.4 is 11.1 Å². The third kappa shape index (κ3) is 2.73. The van der Waals surface area contributed by atoms with Gasteiger partial charge >= 0.3 is 11.9 Å². The fraction of sp³-hybridized carbons (Fsp3) is 0.438. The molecule has 2 heterocycles. The summed E-state index contributed by atoms with van der Waals surface area (Å²) in [5, 5.41) is 23.8. The lowest BCUT2D eigenvalue weighted by Crippen LogP contribution is -2.79. The van der Waals surface area contributed by atoms with E-state index in [1.54, 1.807) is 0 Å². The molecule has 0 radical (unpaired) electrons. The summed E-state index contributed by atoms with van der Waals surface area (Å²) in [7, 11) is 0. The van der Waals surface area contributed by atoms with Gasteiger partial charge in [-0.1, -0.05) is 30.0 Å². The molecule has 4 N–H and O–H groups in total. The molecule has 4 atom stereocenters. The number of quaternary nitrogens is 1. The predicted octanol–water partition coefficient (Wildman–Crippen LogP) is 0.361. The molecule has 0 bridgehead atoms. The fourth-order valence-electron chi connectivity index (χ4n) is 3.32. The molecular weight excluding hydrogens is 346 g/mol. The highest BCUT2D eigenvalue weighted by Crippen LogP contribution is 2.46. The van der Waals surface area contributed by atoms with Gasteiger partial charge in [0.1, 0.15) is 6.04 Å². The summed E-state index contributed by atoms with van der Waals surface area (Å²) in [5.41, 5.74) is 6.63. The predicted molar refractivity (Wildman–Crippen MR) is 91.6 cm³/mol. The van der Waals surface area contributed by atoms with Crippen LogP contribution in [0.2, 0.25) is 0 Å². The Morgan fingerprint density at radius 2 is 2.20 bits per heavy atom. The summed E-state index contributed by atoms with van der Waals surface area (Å²) in [5.74, 6) is -2.47. The lowest BCUT2D eigenvalue weighted by Gasteiger charge is -2.57. The number of carboxylic acid groups (broad SMARTS) is 1. The molecule has 2 aliphatic heterocycles. The summed E-state index contributed by atoms with van der Waals surface area (Å²) in [6, 6.07) is -1.92. The number of β-lactam (4-membered cyclic amide) rings is 1. The first-order chi connectivity index (χ1) is 11.8. The van der Waals surface area contributed by atoms with Gasteiger partial charge in [-0.05, 0) is 25.3 Å². The van der Waals surface area contributed by atoms with E-state index < -0.39 is 45.6 Å². The van der Waals surface area contributed by atoms with Crippen LogP contribution in [0.3, 0.4) is 0 Å². The minimum absolute atomic E-state index is 0.330. The first-order valence-electron chi connectivity index (χ1n) is 7.87. The first kappa shape index (κ1) is 17.9. The van der Waals surface area contributed by atoms with Crippen LogP contribution >= 0.6 is 11.8 Å². The van der Waals surface area contributed by atoms with Crippen LogP contribution in [0.25, 0.3) is 0 Å². The number of hydrogen-bond acceptors (Lipinski definition) is 6. The Morgan fingerprint density at radius 3 is 2.80 bits per heavy atom. The minimum atomic E-state index is -1.53. The average Bonchev–Trinajstić information content (AvgIpc) is 2.59. The van der Waals surface area contributed by atoms with E-state index in [2.05, 4.69) is 5.32 Å². The Balaban J connectivity index is 1.74. The van der Waals surface area contributed by atoms with Crippen molar-refractivity contribution >= 4 is 29.5 Å². The maximum absolute atomic E-state index is 12.8. The number of nitrogens with two attached hydrogens (primary N) is 1. The van der Waals surface area contributed by atoms with Crippen molar-refractivity contribution in [2.75, 3.05) is 5.75 Å². The van der Waals surface area contributed by atoms with E-state index in [1.807, 2.05) is 18.2 Å². The van der Waals surface area contributed by atoms with Gasteiger partial charge in [0.25, 0.3) is 0 Å². The number of aliphatic carboxylic acids is 1. The zero-order valence-corrected chi connectivity index (χ0v) is 14.4. The van der Waals surface area contributed by atoms with Crippen molar-refractivity contribution in [3.63, 3.8) is 0 Å². The molecule has 3 aliphatic rings. The molecule has 0 aromatic heterocycles. The van der Waals surface area contributed by atoms with E-state index >= 15 is 0 Å². The molecule has 3 rings (SSSR count). The number of nitrogens with one attached hydrogen (secondary N) is 1. The molecule has 134 valence electrons. The van der Waals surface area contributed by atoms with Crippen molar-refractivity contribution in [3.05, 3.63) is 40.3 Å². The molecular formula is C16H19N3O5S. The summed E-state index contributed by atoms with van der Waals surface area (Å²) in [6.45, 7) is 1.53. The molecule has 1 aliphatic carbocycles. The SMILES string of the molecule is CC1=C(C(=O)O)[N+]2([O-])C(=O)[C@@H](NC(=O)[C@H](N)C3=CCC=CC3)[C@H]2SC1. The molecule has 1 unspecified atom stereocenters. The van der Waals surface area contributed by atoms with Crippen molar-refractivity contribution < 1.29 is 24.1 Å². The van der Waals surface area contributed by atoms with Crippen LogP contribution in [0.4, 0.5) is 0 Å². The number of carboxylic acids is 1. The highest BCUT2D eigenvalue weighted by atomic mass is 32.2. The second kappa shape index (κ2) is 6.41. The normalized spacial score (nSPS) is 32.4. The zero-order chi connectivity index (χ0) is 18.4. The smallest absolute Gasteiger partial charge is 0.391 e. The number of fused-ring (bicyclic) bond motifs is 1. The van der Waals surface area contributed by atoms with Crippen LogP contribution in [0.5, 0.6) is 0 Å². The Hall–Kier alpha value is -1.94. The summed E-state index contributed by atoms with van der Waals surface area (Å²) in [4.78, 5) is 36.1. The van der Waals surface area contributed by atoms with E-state index in [1.165, 1.54) is 18.7 Å². The molecule has 25 heavy (non-hydrogen) atoms. The van der Waals surface area contributed by atoms with Crippen molar-refractivity contribution in [3.8, 4) is 0 Å². The Bertz CT molecular complexity index is 744. The molecule has 0 aromatic rings. The number of amides is 2. The molecule has 0 saturated carbocycles. The second-order valence-electron chi connectivity index (χ2n) is 6.29. The minimum Gasteiger partial charge on any atom is -0.619 e. The quantitative estimate of drug-likeness (QED) is 0.283. The number of rotatable bonds is 4. The topological polar surface area (TPSA) is 133 Å². The molecule has 9 heteroatoms. The standard InChI is InChI=1S/C16H19N3O5S/c1-8-7-25-15-11(14(21)19(15,24)12(8)16(22)23)18-13(20)10(17)9-5-3-2-4-6-9/h2-3,6,10-11,15H,4-5,7,17H2,1H3,(H,18,20)(H,22,23)/t10-,11-,15-,19?/m1/s1. The van der Waals surface area contributed by atoms with Crippen molar-refractivity contribution in [1.82, 2.24) is 5.32 Å². The van der Waals surface area contributed by atoms with Gasteiger partial charge in [-0.3, -0.25) is 4.79 Å². The van der Waals surface area contributed by atoms with E-state index in [9.17, 15) is 24.7 Å². The fourth-order valence-corrected chi connectivity index (χ4v) is 4.68. The van der Waals surface area contributed by atoms with Crippen molar-refractivity contribution in [2.24, 2.45) is 5.73 Å². The van der Waals surface area contributed by atoms with E-state index in [-0.39, 0.29) is 0 Å². The third-order valence-corrected chi connectivity index (χ3v) is 6.17. The molecule has 0 spiro atoms. The first-order valence-corrected chi connectivity index (χ1v) is 8.92. The monoisotopic (exact) mass is 365 g/mol. The van der Waals surface area contributed by atoms with Gasteiger partial charge < -0.3 is 21.4 Å². The van der Waals surface area contributed by atoms with Crippen LogP contribution in [0, 0.1) is 5.21 Å². The van der Waals surface area contributed by atoms with E-state index in [0.29, 0.717) is 24.2 Å². The maximum atomic E-state index is 12.8. The van der Waals surface area contributed by atoms with Gasteiger partial charge in [-0.15, -0.1) is 0 Å². The van der Waals surface area contributed by atoms with Crippen LogP contribution in [0.15, 0.2) is 35.1 Å². The summed E-state index contributed by atoms with van der Waals surface area (Å²) >= 11 is 1.18. The van der Waals surface area contributed by atoms with Gasteiger partial charge in [0, 0.05) is 11.3 Å². The number of nitrogens with zero attached hydrogens (tertiary/aromatic N) is 1. The van der Waals surface area contributed by atoms with Gasteiger partial charge in [0.2, 0.25) is 17.6 Å². The Morgan fingerprint density at radius 1 is 1.48 bits per heavy atom. The largest absolute Gasteiger partial charge is 0.619 e. The number of allylic oxidation sites excluding steroid dienone is 3. The average molecular weight is 365 g/mol. The zero-order valence-electron chi connectivity index (χ0n) is 13.6. The highest BCUT2D eigenvalue weighted by molar-refractivity contribution is 8.00. The Kier molecular flexibility index (Phi) is 4.58. The molecule has 1 fully saturated rings. The number of carbonyl (C=O) groups excluding carboxylic acids is 2. The lowest BCUT2D eigenvalue weighted by molar-refractivity contribution is -0.805. The molecule has 8 nitrogen and oxygen atoms in total. The number of thioether (sulfide) groups is 1. The number of hydrogen-bond donors (Lipinski definition) is 3. The highest BCUT2D eigenvalue weighted by Gasteiger charge is 2.65. The third-order valence-electron chi connectivity index (χ3n) is 4.66. The van der Waals surface area contributed by atoms with Gasteiger partial charge in [-0.25, -0.2) is 14.2 Å². The van der Waals surface area contributed by atoms with E-state index in [4.69, 9.17) is 5.73 Å². The second-order valence-corrected chi connectivity index (χ2v) is 7.39. The van der Waals surface area contributed by atoms with Gasteiger partial charge in [-0.2, -0.15) is 0 Å². The lowest BCUT2D eigenvalue weighted by atomic mass is 9.97. The van der Waals surface area contributed by atoms with Gasteiger partial charge in [0.15, 0.2) is 5.37 Å². The Labute approximate surface area is 148 Å². The summed E-state index contributed by atoms with van der Waals surface area (Å²) < 4.78 is -1.53. The van der Waals surface area contributed by atoms with Crippen LogP contribution in [-0.2, 0) is 14.4 Å². The maximum Gasteiger partial charge on any atom is 0.391 e. The summed E-state index contributed by atoms with van der Waals surface area (Å²) in [6.07, 6.45) is 7.01. The molecule has 0 aromatic carbocycles. The van der Waals surface area contributed by atoms with E-state index in [0.717, 1.165) is 5.57 Å². The van der Waals surface area contributed by atoms with Crippen LogP contribution in [-0.4, -0.2) is 50.7 Å². The van der Waals surface area contributed by atoms with Crippen molar-refractivity contribution in [2.45, 2.75) is 37.2 Å².